The molecule has 0 bridgehead atoms. The fourth-order valence-electron chi connectivity index (χ4n) is 8.65. The van der Waals surface area contributed by atoms with Gasteiger partial charge in [-0.25, -0.2) is 0 Å². The Labute approximate surface area is 457 Å². The van der Waals surface area contributed by atoms with Crippen molar-refractivity contribution in [1.29, 1.82) is 0 Å². The number of hydrogen-bond donors (Lipinski definition) is 0. The van der Waals surface area contributed by atoms with Gasteiger partial charge in [-0.2, -0.15) is 0 Å². The van der Waals surface area contributed by atoms with Gasteiger partial charge in [0.25, 0.3) is 0 Å². The van der Waals surface area contributed by atoms with Gasteiger partial charge in [0.15, 0.2) is 6.10 Å². The molecule has 0 aromatic carbocycles. The second-order valence-electron chi connectivity index (χ2n) is 20.6. The normalized spacial score (nSPS) is 12.7. The molecule has 74 heavy (non-hydrogen) atoms. The van der Waals surface area contributed by atoms with Crippen molar-refractivity contribution in [3.63, 3.8) is 0 Å². The third-order valence-electron chi connectivity index (χ3n) is 13.3. The molecule has 0 aromatic heterocycles. The van der Waals surface area contributed by atoms with Crippen molar-refractivity contribution < 1.29 is 28.6 Å². The smallest absolute Gasteiger partial charge is 0.306 e. The Morgan fingerprint density at radius 3 is 0.838 bits per heavy atom. The van der Waals surface area contributed by atoms with E-state index < -0.39 is 6.10 Å². The Morgan fingerprint density at radius 2 is 0.527 bits per heavy atom. The van der Waals surface area contributed by atoms with Crippen molar-refractivity contribution in [2.24, 2.45) is 0 Å². The lowest BCUT2D eigenvalue weighted by Gasteiger charge is -2.18. The van der Waals surface area contributed by atoms with Gasteiger partial charge in [-0.1, -0.05) is 272 Å². The molecule has 0 spiro atoms. The monoisotopic (exact) mass is 1030 g/mol. The van der Waals surface area contributed by atoms with Crippen LogP contribution in [0.4, 0.5) is 0 Å². The zero-order valence-corrected chi connectivity index (χ0v) is 48.6. The van der Waals surface area contributed by atoms with Gasteiger partial charge in [0.05, 0.1) is 0 Å². The van der Waals surface area contributed by atoms with Crippen LogP contribution in [0, 0.1) is 0 Å². The van der Waals surface area contributed by atoms with Gasteiger partial charge in [0.1, 0.15) is 13.2 Å². The van der Waals surface area contributed by atoms with Gasteiger partial charge < -0.3 is 14.2 Å². The molecule has 0 aromatic rings. The van der Waals surface area contributed by atoms with Gasteiger partial charge >= 0.3 is 17.9 Å². The molecule has 0 heterocycles. The minimum Gasteiger partial charge on any atom is -0.462 e. The van der Waals surface area contributed by atoms with E-state index in [1.165, 1.54) is 148 Å². The maximum Gasteiger partial charge on any atom is 0.306 e. The fourth-order valence-corrected chi connectivity index (χ4v) is 8.65. The third kappa shape index (κ3) is 59.2. The summed E-state index contributed by atoms with van der Waals surface area (Å²) >= 11 is 0. The highest BCUT2D eigenvalue weighted by Gasteiger charge is 2.19. The summed E-state index contributed by atoms with van der Waals surface area (Å²) in [4.78, 5) is 38.0. The molecular formula is C68H116O6. The number of esters is 3. The Kier molecular flexibility index (Phi) is 58.8. The number of carbonyl (C=O) groups is 3. The van der Waals surface area contributed by atoms with Crippen molar-refractivity contribution >= 4 is 17.9 Å². The Morgan fingerprint density at radius 1 is 0.284 bits per heavy atom. The van der Waals surface area contributed by atoms with E-state index in [4.69, 9.17) is 14.2 Å². The van der Waals surface area contributed by atoms with Crippen LogP contribution in [-0.4, -0.2) is 37.2 Å². The maximum atomic E-state index is 12.8. The van der Waals surface area contributed by atoms with E-state index in [0.29, 0.717) is 19.3 Å². The van der Waals surface area contributed by atoms with E-state index in [-0.39, 0.29) is 31.1 Å². The van der Waals surface area contributed by atoms with Crippen molar-refractivity contribution in [3.8, 4) is 0 Å². The number of carbonyl (C=O) groups excluding carboxylic acids is 3. The summed E-state index contributed by atoms with van der Waals surface area (Å²) in [6.45, 7) is 6.48. The first kappa shape index (κ1) is 70.3. The molecule has 0 amide bonds. The van der Waals surface area contributed by atoms with E-state index in [2.05, 4.69) is 118 Å². The molecule has 0 saturated heterocycles. The number of allylic oxidation sites excluding steroid dienone is 16. The molecule has 0 saturated carbocycles. The van der Waals surface area contributed by atoms with Crippen molar-refractivity contribution in [2.45, 2.75) is 303 Å². The molecule has 0 aliphatic heterocycles. The predicted molar refractivity (Wildman–Crippen MR) is 320 cm³/mol. The van der Waals surface area contributed by atoms with E-state index in [9.17, 15) is 14.4 Å². The molecule has 0 radical (unpaired) electrons. The highest BCUT2D eigenvalue weighted by molar-refractivity contribution is 5.71. The van der Waals surface area contributed by atoms with Gasteiger partial charge in [-0.3, -0.25) is 14.4 Å². The summed E-state index contributed by atoms with van der Waals surface area (Å²) in [6.07, 6.45) is 82.9. The minimum atomic E-state index is -0.779. The average Bonchev–Trinajstić information content (AvgIpc) is 3.40. The number of unbranched alkanes of at least 4 members (excludes halogenated alkanes) is 29. The Balaban J connectivity index is 4.11. The summed E-state index contributed by atoms with van der Waals surface area (Å²) in [6, 6.07) is 0. The van der Waals surface area contributed by atoms with E-state index in [1.807, 2.05) is 0 Å². The molecule has 6 nitrogen and oxygen atoms in total. The van der Waals surface area contributed by atoms with Crippen LogP contribution in [-0.2, 0) is 28.6 Å². The van der Waals surface area contributed by atoms with Crippen molar-refractivity contribution in [1.82, 2.24) is 0 Å². The van der Waals surface area contributed by atoms with Crippen LogP contribution in [0.15, 0.2) is 97.2 Å². The molecule has 0 rings (SSSR count). The molecule has 424 valence electrons. The third-order valence-corrected chi connectivity index (χ3v) is 13.3. The Hall–Kier alpha value is -3.67. The highest BCUT2D eigenvalue weighted by Crippen LogP contribution is 2.16. The zero-order chi connectivity index (χ0) is 53.6. The van der Waals surface area contributed by atoms with Gasteiger partial charge in [0, 0.05) is 19.3 Å². The largest absolute Gasteiger partial charge is 0.462 e. The molecule has 6 heteroatoms. The standard InChI is InChI=1S/C68H116O6/c1-4-7-10-13-16-18-20-22-24-26-28-29-30-31-32-33-34-35-36-37-38-39-40-42-43-45-47-49-52-55-58-61-67(70)73-64-65(63-72-66(69)60-57-54-51-15-12-9-6-3)74-68(71)62-59-56-53-50-48-46-44-41-27-25-23-21-19-17-14-11-8-5-2/h7,10,16,18-19,21-22,24-25,27-29,31-32,34-35,65H,4-6,8-9,11-15,17,20,23,26,30,33,36-64H2,1-3H3/b10-7-,18-16-,21-19-,24-22-,27-25-,29-28-,32-31-,35-34-. The van der Waals surface area contributed by atoms with Gasteiger partial charge in [0.2, 0.25) is 0 Å². The van der Waals surface area contributed by atoms with Crippen LogP contribution < -0.4 is 0 Å². The molecule has 1 atom stereocenters. The maximum absolute atomic E-state index is 12.8. The molecule has 0 fully saturated rings. The van der Waals surface area contributed by atoms with E-state index >= 15 is 0 Å². The fraction of sp³-hybridized carbons (Fsp3) is 0.721. The topological polar surface area (TPSA) is 78.9 Å². The van der Waals surface area contributed by atoms with Crippen LogP contribution in [0.1, 0.15) is 297 Å². The quantitative estimate of drug-likeness (QED) is 0.0261. The molecular weight excluding hydrogens is 913 g/mol. The molecule has 0 aliphatic rings. The lowest BCUT2D eigenvalue weighted by atomic mass is 10.0. The van der Waals surface area contributed by atoms with Crippen LogP contribution in [0.5, 0.6) is 0 Å². The van der Waals surface area contributed by atoms with Gasteiger partial charge in [-0.15, -0.1) is 0 Å². The first-order valence-corrected chi connectivity index (χ1v) is 31.2. The number of rotatable bonds is 56. The van der Waals surface area contributed by atoms with Crippen molar-refractivity contribution in [2.75, 3.05) is 13.2 Å². The van der Waals surface area contributed by atoms with Crippen LogP contribution in [0.25, 0.3) is 0 Å². The summed E-state index contributed by atoms with van der Waals surface area (Å²) in [5.74, 6) is -0.888. The SMILES string of the molecule is CC/C=C\C/C=C\C/C=C\C/C=C\C/C=C\C/C=C\CCCCCCCCCCCCCCC(=O)OCC(COC(=O)CCCCCCCCC)OC(=O)CCCCCCCCC/C=C\C/C=C\CCCCCC. The van der Waals surface area contributed by atoms with Crippen molar-refractivity contribution in [3.05, 3.63) is 97.2 Å². The summed E-state index contributed by atoms with van der Waals surface area (Å²) in [5.41, 5.74) is 0. The molecule has 0 aliphatic carbocycles. The summed E-state index contributed by atoms with van der Waals surface area (Å²) < 4.78 is 16.8. The molecule has 0 N–H and O–H groups in total. The average molecular weight is 1030 g/mol. The highest BCUT2D eigenvalue weighted by atomic mass is 16.6. The number of ether oxygens (including phenoxy) is 3. The lowest BCUT2D eigenvalue weighted by Crippen LogP contribution is -2.30. The second kappa shape index (κ2) is 61.9. The van der Waals surface area contributed by atoms with E-state index in [0.717, 1.165) is 109 Å². The zero-order valence-electron chi connectivity index (χ0n) is 48.6. The predicted octanol–water partition coefficient (Wildman–Crippen LogP) is 21.3. The lowest BCUT2D eigenvalue weighted by molar-refractivity contribution is -0.167. The Bertz CT molecular complexity index is 1460. The van der Waals surface area contributed by atoms with Gasteiger partial charge in [-0.05, 0) is 103 Å². The number of hydrogen-bond acceptors (Lipinski definition) is 6. The first-order chi connectivity index (χ1) is 36.5. The minimum absolute atomic E-state index is 0.0789. The molecule has 1 unspecified atom stereocenters. The van der Waals surface area contributed by atoms with Crippen LogP contribution >= 0.6 is 0 Å². The second-order valence-corrected chi connectivity index (χ2v) is 20.6. The van der Waals surface area contributed by atoms with E-state index in [1.54, 1.807) is 0 Å². The van der Waals surface area contributed by atoms with Crippen LogP contribution in [0.3, 0.4) is 0 Å². The summed E-state index contributed by atoms with van der Waals surface area (Å²) in [5, 5.41) is 0. The van der Waals surface area contributed by atoms with Crippen LogP contribution in [0.2, 0.25) is 0 Å². The summed E-state index contributed by atoms with van der Waals surface area (Å²) in [7, 11) is 0. The first-order valence-electron chi connectivity index (χ1n) is 31.2.